The van der Waals surface area contributed by atoms with Gasteiger partial charge in [0, 0.05) is 11.6 Å². The number of hydrogen-bond donors (Lipinski definition) is 0. The fourth-order valence-electron chi connectivity index (χ4n) is 6.02. The third kappa shape index (κ3) is 3.04. The Morgan fingerprint density at radius 1 is 1.08 bits per heavy atom. The molecule has 4 aliphatic carbocycles. The summed E-state index contributed by atoms with van der Waals surface area (Å²) in [5.41, 5.74) is 2.00. The largest absolute Gasteiger partial charge is 0.462 e. The average Bonchev–Trinajstić information content (AvgIpc) is 3.12. The maximum Gasteiger partial charge on any atom is 0.338 e. The lowest BCUT2D eigenvalue weighted by molar-refractivity contribution is -0.0848. The van der Waals surface area contributed by atoms with Gasteiger partial charge in [-0.25, -0.2) is 9.48 Å². The Morgan fingerprint density at radius 3 is 2.31 bits per heavy atom. The van der Waals surface area contributed by atoms with Crippen molar-refractivity contribution in [3.05, 3.63) is 47.8 Å². The van der Waals surface area contributed by atoms with Crippen molar-refractivity contribution in [1.82, 2.24) is 15.0 Å². The molecule has 2 aromatic rings. The van der Waals surface area contributed by atoms with Crippen LogP contribution in [0.5, 0.6) is 0 Å². The summed E-state index contributed by atoms with van der Waals surface area (Å²) >= 11 is 0. The van der Waals surface area contributed by atoms with Crippen LogP contribution in [0.1, 0.15) is 54.4 Å². The molecule has 4 fully saturated rings. The number of nitrogens with zero attached hydrogens (tertiary/aromatic N) is 3. The first-order valence-corrected chi connectivity index (χ1v) is 9.78. The van der Waals surface area contributed by atoms with Gasteiger partial charge in [0.15, 0.2) is 0 Å². The number of carbonyl (C=O) groups is 1. The molecule has 26 heavy (non-hydrogen) atoms. The topological polar surface area (TPSA) is 57.0 Å². The highest BCUT2D eigenvalue weighted by molar-refractivity contribution is 5.89. The minimum atomic E-state index is -0.187. The quantitative estimate of drug-likeness (QED) is 0.771. The first kappa shape index (κ1) is 16.0. The van der Waals surface area contributed by atoms with Crippen molar-refractivity contribution in [3.63, 3.8) is 0 Å². The van der Waals surface area contributed by atoms with E-state index in [0.717, 1.165) is 23.3 Å². The highest BCUT2D eigenvalue weighted by Crippen LogP contribution is 2.60. The minimum absolute atomic E-state index is 0.187. The summed E-state index contributed by atoms with van der Waals surface area (Å²) in [6.45, 7) is 1.26. The lowest BCUT2D eigenvalue weighted by Gasteiger charge is -2.56. The summed E-state index contributed by atoms with van der Waals surface area (Å²) in [6.07, 6.45) is 11.5. The summed E-state index contributed by atoms with van der Waals surface area (Å²) in [5.74, 6) is 2.47. The van der Waals surface area contributed by atoms with Crippen molar-refractivity contribution in [2.75, 3.05) is 6.61 Å². The zero-order valence-corrected chi connectivity index (χ0v) is 15.0. The summed E-state index contributed by atoms with van der Waals surface area (Å²) < 4.78 is 7.56. The average molecular weight is 351 g/mol. The van der Waals surface area contributed by atoms with Crippen molar-refractivity contribution in [1.29, 1.82) is 0 Å². The lowest BCUT2D eigenvalue weighted by atomic mass is 9.50. The number of esters is 1. The van der Waals surface area contributed by atoms with Crippen LogP contribution in [0.4, 0.5) is 0 Å². The van der Waals surface area contributed by atoms with Crippen LogP contribution >= 0.6 is 0 Å². The minimum Gasteiger partial charge on any atom is -0.462 e. The van der Waals surface area contributed by atoms with E-state index in [0.29, 0.717) is 18.7 Å². The highest BCUT2D eigenvalue weighted by atomic mass is 16.5. The molecule has 0 amide bonds. The molecular formula is C21H25N3O2. The first-order chi connectivity index (χ1) is 12.7. The highest BCUT2D eigenvalue weighted by Gasteiger charge is 2.51. The van der Waals surface area contributed by atoms with E-state index in [9.17, 15) is 4.79 Å². The molecule has 0 spiro atoms. The number of rotatable bonds is 5. The SMILES string of the molecule is O=C(OCC12CC3CC(CC(C3)C1)C2)c1ccc(Cn2ccnn2)cc1. The monoisotopic (exact) mass is 351 g/mol. The fourth-order valence-corrected chi connectivity index (χ4v) is 6.02. The second-order valence-corrected chi connectivity index (χ2v) is 8.79. The van der Waals surface area contributed by atoms with Gasteiger partial charge in [0.2, 0.25) is 0 Å². The van der Waals surface area contributed by atoms with Gasteiger partial charge >= 0.3 is 5.97 Å². The predicted molar refractivity (Wildman–Crippen MR) is 96.5 cm³/mol. The molecule has 1 aromatic carbocycles. The summed E-state index contributed by atoms with van der Waals surface area (Å²) in [4.78, 5) is 12.5. The maximum atomic E-state index is 12.5. The van der Waals surface area contributed by atoms with Crippen molar-refractivity contribution in [2.45, 2.75) is 45.1 Å². The molecule has 0 saturated heterocycles. The Hall–Kier alpha value is -2.17. The Balaban J connectivity index is 1.21. The van der Waals surface area contributed by atoms with Gasteiger partial charge < -0.3 is 4.74 Å². The van der Waals surface area contributed by atoms with E-state index in [4.69, 9.17) is 4.74 Å². The molecule has 6 rings (SSSR count). The van der Waals surface area contributed by atoms with Crippen molar-refractivity contribution >= 4 is 5.97 Å². The van der Waals surface area contributed by atoms with E-state index >= 15 is 0 Å². The number of hydrogen-bond acceptors (Lipinski definition) is 4. The molecule has 4 aliphatic rings. The fraction of sp³-hybridized carbons (Fsp3) is 0.571. The molecule has 0 atom stereocenters. The smallest absolute Gasteiger partial charge is 0.338 e. The second-order valence-electron chi connectivity index (χ2n) is 8.79. The normalized spacial score (nSPS) is 31.9. The molecule has 5 heteroatoms. The zero-order chi connectivity index (χ0) is 17.6. The van der Waals surface area contributed by atoms with Crippen LogP contribution in [-0.2, 0) is 11.3 Å². The summed E-state index contributed by atoms with van der Waals surface area (Å²) in [7, 11) is 0. The summed E-state index contributed by atoms with van der Waals surface area (Å²) in [6, 6.07) is 7.63. The standard InChI is InChI=1S/C21H25N3O2/c25-20(19-3-1-15(2-4-19)13-24-6-5-22-23-24)26-14-21-10-16-7-17(11-21)9-18(8-16)12-21/h1-6,16-18H,7-14H2. The Bertz CT molecular complexity index is 747. The van der Waals surface area contributed by atoms with Gasteiger partial charge in [-0.15, -0.1) is 5.10 Å². The number of benzene rings is 1. The van der Waals surface area contributed by atoms with Gasteiger partial charge in [0.05, 0.1) is 24.9 Å². The van der Waals surface area contributed by atoms with E-state index in [-0.39, 0.29) is 11.4 Å². The molecule has 4 saturated carbocycles. The van der Waals surface area contributed by atoms with Crippen molar-refractivity contribution in [2.24, 2.45) is 23.2 Å². The molecule has 4 bridgehead atoms. The van der Waals surface area contributed by atoms with Gasteiger partial charge in [-0.1, -0.05) is 17.3 Å². The maximum absolute atomic E-state index is 12.5. The van der Waals surface area contributed by atoms with Crippen LogP contribution in [-0.4, -0.2) is 27.6 Å². The van der Waals surface area contributed by atoms with Gasteiger partial charge in [-0.05, 0) is 74.0 Å². The Morgan fingerprint density at radius 2 is 1.73 bits per heavy atom. The Kier molecular flexibility index (Phi) is 3.84. The van der Waals surface area contributed by atoms with E-state index in [1.165, 1.54) is 38.5 Å². The van der Waals surface area contributed by atoms with Crippen LogP contribution in [0.3, 0.4) is 0 Å². The molecule has 0 aliphatic heterocycles. The first-order valence-electron chi connectivity index (χ1n) is 9.78. The molecule has 136 valence electrons. The van der Waals surface area contributed by atoms with Crippen LogP contribution in [0.15, 0.2) is 36.7 Å². The van der Waals surface area contributed by atoms with Gasteiger partial charge in [-0.2, -0.15) is 0 Å². The molecule has 1 heterocycles. The molecule has 0 unspecified atom stereocenters. The zero-order valence-electron chi connectivity index (χ0n) is 15.0. The number of ether oxygens (including phenoxy) is 1. The van der Waals surface area contributed by atoms with E-state index in [1.807, 2.05) is 30.5 Å². The summed E-state index contributed by atoms with van der Waals surface area (Å²) in [5, 5.41) is 7.77. The second kappa shape index (κ2) is 6.22. The number of carbonyl (C=O) groups excluding carboxylic acids is 1. The predicted octanol–water partition coefficient (Wildman–Crippen LogP) is 3.70. The lowest BCUT2D eigenvalue weighted by Crippen LogP contribution is -2.48. The molecule has 0 N–H and O–H groups in total. The van der Waals surface area contributed by atoms with E-state index in [1.54, 1.807) is 10.9 Å². The molecule has 0 radical (unpaired) electrons. The van der Waals surface area contributed by atoms with Crippen LogP contribution in [0.25, 0.3) is 0 Å². The van der Waals surface area contributed by atoms with E-state index < -0.39 is 0 Å². The van der Waals surface area contributed by atoms with Gasteiger partial charge in [0.1, 0.15) is 0 Å². The Labute approximate surface area is 153 Å². The van der Waals surface area contributed by atoms with Gasteiger partial charge in [-0.3, -0.25) is 0 Å². The van der Waals surface area contributed by atoms with Crippen LogP contribution in [0, 0.1) is 23.2 Å². The third-order valence-electron chi connectivity index (χ3n) is 6.68. The van der Waals surface area contributed by atoms with E-state index in [2.05, 4.69) is 10.3 Å². The molecular weight excluding hydrogens is 326 g/mol. The third-order valence-corrected chi connectivity index (χ3v) is 6.68. The molecule has 1 aromatic heterocycles. The van der Waals surface area contributed by atoms with Crippen LogP contribution in [0.2, 0.25) is 0 Å². The number of aromatic nitrogens is 3. The van der Waals surface area contributed by atoms with Crippen molar-refractivity contribution in [3.8, 4) is 0 Å². The van der Waals surface area contributed by atoms with Gasteiger partial charge in [0.25, 0.3) is 0 Å². The molecule has 5 nitrogen and oxygen atoms in total. The van der Waals surface area contributed by atoms with Crippen molar-refractivity contribution < 1.29 is 9.53 Å². The van der Waals surface area contributed by atoms with Crippen LogP contribution < -0.4 is 0 Å².